The smallest absolute Gasteiger partial charge is 0.170 e. The molecular formula is C11H11ClO2. The van der Waals surface area contributed by atoms with Crippen molar-refractivity contribution >= 4 is 17.4 Å². The number of hydrogen-bond donors (Lipinski definition) is 0. The van der Waals surface area contributed by atoms with Crippen LogP contribution in [-0.4, -0.2) is 11.4 Å². The first-order chi connectivity index (χ1) is 6.49. The standard InChI is InChI=1S/C11H11ClO2/c1-11(2)6-9(13)7-4-3-5-8(12)10(7)14-11/h3-5H,6H2,1-2H3. The molecule has 74 valence electrons. The molecule has 0 bridgehead atoms. The summed E-state index contributed by atoms with van der Waals surface area (Å²) in [5.41, 5.74) is 0.145. The van der Waals surface area contributed by atoms with Crippen molar-refractivity contribution in [2.45, 2.75) is 25.9 Å². The van der Waals surface area contributed by atoms with E-state index in [4.69, 9.17) is 16.3 Å². The van der Waals surface area contributed by atoms with Gasteiger partial charge in [-0.3, -0.25) is 4.79 Å². The van der Waals surface area contributed by atoms with Crippen molar-refractivity contribution in [1.29, 1.82) is 0 Å². The molecule has 1 heterocycles. The average molecular weight is 211 g/mol. The lowest BCUT2D eigenvalue weighted by Crippen LogP contribution is -2.35. The molecule has 1 aromatic carbocycles. The molecule has 2 nitrogen and oxygen atoms in total. The summed E-state index contributed by atoms with van der Waals surface area (Å²) in [4.78, 5) is 11.7. The first-order valence-corrected chi connectivity index (χ1v) is 4.88. The fourth-order valence-corrected chi connectivity index (χ4v) is 1.84. The summed E-state index contributed by atoms with van der Waals surface area (Å²) in [6.07, 6.45) is 0.403. The Labute approximate surface area is 87.8 Å². The number of ether oxygens (including phenoxy) is 1. The SMILES string of the molecule is CC1(C)CC(=O)c2cccc(Cl)c2O1. The Balaban J connectivity index is 2.56. The first kappa shape index (κ1) is 9.53. The number of hydrogen-bond acceptors (Lipinski definition) is 2. The predicted octanol–water partition coefficient (Wildman–Crippen LogP) is 3.08. The number of ketones is 1. The molecule has 0 spiro atoms. The van der Waals surface area contributed by atoms with E-state index in [-0.39, 0.29) is 5.78 Å². The van der Waals surface area contributed by atoms with E-state index in [9.17, 15) is 4.79 Å². The summed E-state index contributed by atoms with van der Waals surface area (Å²) in [7, 11) is 0. The number of Topliss-reactive ketones (excluding diaryl/α,β-unsaturated/α-hetero) is 1. The highest BCUT2D eigenvalue weighted by molar-refractivity contribution is 6.32. The van der Waals surface area contributed by atoms with E-state index in [1.165, 1.54) is 0 Å². The van der Waals surface area contributed by atoms with Gasteiger partial charge in [0.25, 0.3) is 0 Å². The lowest BCUT2D eigenvalue weighted by Gasteiger charge is -2.31. The van der Waals surface area contributed by atoms with Crippen LogP contribution in [0.3, 0.4) is 0 Å². The van der Waals surface area contributed by atoms with Gasteiger partial charge in [0.1, 0.15) is 11.4 Å². The van der Waals surface area contributed by atoms with Crippen molar-refractivity contribution in [3.8, 4) is 5.75 Å². The van der Waals surface area contributed by atoms with E-state index in [2.05, 4.69) is 0 Å². The third kappa shape index (κ3) is 1.50. The second kappa shape index (κ2) is 2.99. The van der Waals surface area contributed by atoms with Gasteiger partial charge in [0.15, 0.2) is 5.78 Å². The van der Waals surface area contributed by atoms with Gasteiger partial charge in [-0.15, -0.1) is 0 Å². The van der Waals surface area contributed by atoms with Crippen LogP contribution in [0, 0.1) is 0 Å². The number of rotatable bonds is 0. The van der Waals surface area contributed by atoms with Crippen LogP contribution in [0.15, 0.2) is 18.2 Å². The van der Waals surface area contributed by atoms with Gasteiger partial charge in [-0.25, -0.2) is 0 Å². The fraction of sp³-hybridized carbons (Fsp3) is 0.364. The minimum absolute atomic E-state index is 0.0961. The molecule has 0 unspecified atom stereocenters. The molecule has 3 heteroatoms. The minimum Gasteiger partial charge on any atom is -0.485 e. The Hall–Kier alpha value is -1.02. The molecular weight excluding hydrogens is 200 g/mol. The van der Waals surface area contributed by atoms with Gasteiger partial charge in [-0.05, 0) is 26.0 Å². The van der Waals surface area contributed by atoms with E-state index < -0.39 is 5.60 Å². The zero-order valence-corrected chi connectivity index (χ0v) is 8.89. The number of halogens is 1. The molecule has 1 aliphatic heterocycles. The summed E-state index contributed by atoms with van der Waals surface area (Å²) >= 11 is 5.96. The van der Waals surface area contributed by atoms with Crippen LogP contribution >= 0.6 is 11.6 Å². The van der Waals surface area contributed by atoms with E-state index in [0.29, 0.717) is 22.8 Å². The van der Waals surface area contributed by atoms with Gasteiger partial charge >= 0.3 is 0 Å². The van der Waals surface area contributed by atoms with Crippen LogP contribution in [0.2, 0.25) is 5.02 Å². The van der Waals surface area contributed by atoms with E-state index in [1.807, 2.05) is 13.8 Å². The molecule has 0 atom stereocenters. The van der Waals surface area contributed by atoms with Gasteiger partial charge in [0.05, 0.1) is 17.0 Å². The molecule has 0 saturated heterocycles. The fourth-order valence-electron chi connectivity index (χ4n) is 1.63. The van der Waals surface area contributed by atoms with Gasteiger partial charge in [0, 0.05) is 0 Å². The van der Waals surface area contributed by atoms with E-state index >= 15 is 0 Å². The number of carbonyl (C=O) groups is 1. The van der Waals surface area contributed by atoms with E-state index in [1.54, 1.807) is 18.2 Å². The molecule has 2 rings (SSSR count). The van der Waals surface area contributed by atoms with Crippen LogP contribution in [0.4, 0.5) is 0 Å². The summed E-state index contributed by atoms with van der Waals surface area (Å²) in [6.45, 7) is 3.77. The molecule has 1 aromatic rings. The minimum atomic E-state index is -0.449. The van der Waals surface area contributed by atoms with Crippen molar-refractivity contribution in [3.63, 3.8) is 0 Å². The van der Waals surface area contributed by atoms with Crippen LogP contribution in [0.1, 0.15) is 30.6 Å². The molecule has 1 aliphatic rings. The van der Waals surface area contributed by atoms with Crippen LogP contribution in [0.5, 0.6) is 5.75 Å². The zero-order valence-electron chi connectivity index (χ0n) is 8.13. The largest absolute Gasteiger partial charge is 0.485 e. The highest BCUT2D eigenvalue weighted by Gasteiger charge is 2.33. The number of benzene rings is 1. The molecule has 0 fully saturated rings. The van der Waals surface area contributed by atoms with Crippen LogP contribution in [0.25, 0.3) is 0 Å². The predicted molar refractivity (Wildman–Crippen MR) is 55.1 cm³/mol. The quantitative estimate of drug-likeness (QED) is 0.658. The van der Waals surface area contributed by atoms with Crippen molar-refractivity contribution in [1.82, 2.24) is 0 Å². The lowest BCUT2D eigenvalue weighted by atomic mass is 9.93. The third-order valence-electron chi connectivity index (χ3n) is 2.23. The van der Waals surface area contributed by atoms with Crippen molar-refractivity contribution in [3.05, 3.63) is 28.8 Å². The molecule has 0 amide bonds. The van der Waals surface area contributed by atoms with Crippen molar-refractivity contribution in [2.24, 2.45) is 0 Å². The topological polar surface area (TPSA) is 26.3 Å². The number of fused-ring (bicyclic) bond motifs is 1. The molecule has 0 aromatic heterocycles. The van der Waals surface area contributed by atoms with Crippen molar-refractivity contribution < 1.29 is 9.53 Å². The zero-order chi connectivity index (χ0) is 10.3. The maximum Gasteiger partial charge on any atom is 0.170 e. The Morgan fingerprint density at radius 2 is 2.14 bits per heavy atom. The molecule has 14 heavy (non-hydrogen) atoms. The highest BCUT2D eigenvalue weighted by atomic mass is 35.5. The number of para-hydroxylation sites is 1. The lowest BCUT2D eigenvalue weighted by molar-refractivity contribution is 0.0620. The summed E-state index contributed by atoms with van der Waals surface area (Å²) in [5, 5.41) is 0.503. The molecule has 0 radical (unpaired) electrons. The highest BCUT2D eigenvalue weighted by Crippen LogP contribution is 2.37. The van der Waals surface area contributed by atoms with Gasteiger partial charge < -0.3 is 4.74 Å². The Morgan fingerprint density at radius 3 is 2.86 bits per heavy atom. The second-order valence-electron chi connectivity index (χ2n) is 4.08. The summed E-state index contributed by atoms with van der Waals surface area (Å²) in [6, 6.07) is 5.24. The maximum atomic E-state index is 11.7. The van der Waals surface area contributed by atoms with Gasteiger partial charge in [-0.2, -0.15) is 0 Å². The van der Waals surface area contributed by atoms with Crippen LogP contribution < -0.4 is 4.74 Å². The first-order valence-electron chi connectivity index (χ1n) is 4.50. The van der Waals surface area contributed by atoms with Crippen LogP contribution in [-0.2, 0) is 0 Å². The maximum absolute atomic E-state index is 11.7. The summed E-state index contributed by atoms with van der Waals surface area (Å²) < 4.78 is 5.67. The normalized spacial score (nSPS) is 18.6. The third-order valence-corrected chi connectivity index (χ3v) is 2.53. The summed E-state index contributed by atoms with van der Waals surface area (Å²) in [5.74, 6) is 0.620. The molecule has 0 N–H and O–H groups in total. The Bertz CT molecular complexity index is 396. The molecule has 0 aliphatic carbocycles. The number of carbonyl (C=O) groups excluding carboxylic acids is 1. The second-order valence-corrected chi connectivity index (χ2v) is 4.49. The van der Waals surface area contributed by atoms with E-state index in [0.717, 1.165) is 0 Å². The average Bonchev–Trinajstić information content (AvgIpc) is 2.05. The Kier molecular flexibility index (Phi) is 2.04. The van der Waals surface area contributed by atoms with Gasteiger partial charge in [-0.1, -0.05) is 17.7 Å². The monoisotopic (exact) mass is 210 g/mol. The Morgan fingerprint density at radius 1 is 1.43 bits per heavy atom. The molecule has 0 saturated carbocycles. The van der Waals surface area contributed by atoms with Crippen molar-refractivity contribution in [2.75, 3.05) is 0 Å². The van der Waals surface area contributed by atoms with Gasteiger partial charge in [0.2, 0.25) is 0 Å².